The maximum Gasteiger partial charge on any atom is 0.325 e. The molecular formula is C22H32N2O5. The predicted molar refractivity (Wildman–Crippen MR) is 112 cm³/mol. The zero-order valence-electron chi connectivity index (χ0n) is 17.9. The molecule has 2 rings (SSSR count). The number of nitrogens with zero attached hydrogens (tertiary/aromatic N) is 1. The summed E-state index contributed by atoms with van der Waals surface area (Å²) in [5, 5.41) is 13.1. The fraction of sp³-hybridized carbons (Fsp3) is 0.545. The van der Waals surface area contributed by atoms with Crippen molar-refractivity contribution in [2.45, 2.75) is 52.2 Å². The van der Waals surface area contributed by atoms with E-state index < -0.39 is 17.7 Å². The number of aliphatic hydroxyl groups excluding tert-OH is 1. The summed E-state index contributed by atoms with van der Waals surface area (Å²) in [6.45, 7) is 7.61. The molecule has 0 aliphatic carbocycles. The number of amides is 3. The maximum atomic E-state index is 12.7. The van der Waals surface area contributed by atoms with E-state index in [1.807, 2.05) is 31.2 Å². The first-order valence-electron chi connectivity index (χ1n) is 9.96. The number of methoxy groups -OCH3 is 1. The summed E-state index contributed by atoms with van der Waals surface area (Å²) in [4.78, 5) is 26.1. The Morgan fingerprint density at radius 2 is 2.00 bits per heavy atom. The lowest BCUT2D eigenvalue weighted by Crippen LogP contribution is -2.45. The number of rotatable bonds is 10. The summed E-state index contributed by atoms with van der Waals surface area (Å²) in [5.41, 5.74) is 0.0469. The number of ether oxygens (including phenoxy) is 2. The van der Waals surface area contributed by atoms with Gasteiger partial charge in [-0.2, -0.15) is 0 Å². The van der Waals surface area contributed by atoms with E-state index in [9.17, 15) is 14.7 Å². The molecule has 1 saturated heterocycles. The maximum absolute atomic E-state index is 12.7. The van der Waals surface area contributed by atoms with Crippen molar-refractivity contribution in [3.8, 4) is 11.5 Å². The van der Waals surface area contributed by atoms with Crippen LogP contribution in [0.5, 0.6) is 11.5 Å². The van der Waals surface area contributed by atoms with Crippen LogP contribution < -0.4 is 14.8 Å². The van der Waals surface area contributed by atoms with Crippen LogP contribution in [-0.2, 0) is 4.79 Å². The monoisotopic (exact) mass is 404 g/mol. The van der Waals surface area contributed by atoms with E-state index in [0.29, 0.717) is 23.8 Å². The van der Waals surface area contributed by atoms with Crippen molar-refractivity contribution in [2.75, 3.05) is 20.3 Å². The molecule has 1 fully saturated rings. The van der Waals surface area contributed by atoms with Crippen molar-refractivity contribution in [1.82, 2.24) is 10.2 Å². The van der Waals surface area contributed by atoms with Gasteiger partial charge in [0.1, 0.15) is 18.2 Å². The zero-order valence-corrected chi connectivity index (χ0v) is 17.9. The normalized spacial score (nSPS) is 20.4. The van der Waals surface area contributed by atoms with Crippen LogP contribution in [-0.4, -0.2) is 53.8 Å². The number of urea groups is 1. The largest absolute Gasteiger partial charge is 0.493 e. The Labute approximate surface area is 172 Å². The van der Waals surface area contributed by atoms with Crippen LogP contribution in [0.1, 0.15) is 46.1 Å². The van der Waals surface area contributed by atoms with Gasteiger partial charge < -0.3 is 19.9 Å². The van der Waals surface area contributed by atoms with Crippen molar-refractivity contribution in [3.63, 3.8) is 0 Å². The summed E-state index contributed by atoms with van der Waals surface area (Å²) in [6, 6.07) is 4.99. The Balaban J connectivity index is 1.96. The minimum atomic E-state index is -1.02. The number of carbonyl (C=O) groups excluding carboxylic acids is 2. The summed E-state index contributed by atoms with van der Waals surface area (Å²) in [5.74, 6) is 1.15. The molecule has 0 bridgehead atoms. The highest BCUT2D eigenvalue weighted by atomic mass is 16.5. The summed E-state index contributed by atoms with van der Waals surface area (Å²) in [6.07, 6.45) is 4.23. The summed E-state index contributed by atoms with van der Waals surface area (Å²) >= 11 is 0. The van der Waals surface area contributed by atoms with Crippen LogP contribution in [0.15, 0.2) is 24.3 Å². The minimum absolute atomic E-state index is 0.0703. The number of aliphatic hydroxyl groups is 1. The van der Waals surface area contributed by atoms with Gasteiger partial charge >= 0.3 is 6.03 Å². The van der Waals surface area contributed by atoms with Gasteiger partial charge in [0.15, 0.2) is 11.5 Å². The zero-order chi connectivity index (χ0) is 21.6. The number of carbonyl (C=O) groups is 2. The molecular weight excluding hydrogens is 372 g/mol. The molecule has 1 aliphatic rings. The number of hydrogen-bond donors (Lipinski definition) is 2. The van der Waals surface area contributed by atoms with Gasteiger partial charge in [0.25, 0.3) is 5.91 Å². The highest BCUT2D eigenvalue weighted by molar-refractivity contribution is 6.06. The molecule has 7 heteroatoms. The number of benzene rings is 1. The number of hydrogen-bond acceptors (Lipinski definition) is 5. The topological polar surface area (TPSA) is 88.1 Å². The van der Waals surface area contributed by atoms with Gasteiger partial charge in [-0.15, -0.1) is 0 Å². The van der Waals surface area contributed by atoms with Crippen LogP contribution in [0, 0.1) is 5.92 Å². The van der Waals surface area contributed by atoms with Gasteiger partial charge in [0, 0.05) is 0 Å². The van der Waals surface area contributed by atoms with E-state index in [2.05, 4.69) is 19.2 Å². The number of imide groups is 1. The summed E-state index contributed by atoms with van der Waals surface area (Å²) in [7, 11) is 1.54. The lowest BCUT2D eigenvalue weighted by molar-refractivity contribution is -0.132. The second-order valence-electron chi connectivity index (χ2n) is 7.99. The number of β-amino-alcohol motifs (C(OH)–C–C–N with tert-alkyl or cyclic N) is 1. The Morgan fingerprint density at radius 3 is 2.62 bits per heavy atom. The van der Waals surface area contributed by atoms with E-state index >= 15 is 0 Å². The first-order valence-corrected chi connectivity index (χ1v) is 9.96. The third kappa shape index (κ3) is 5.73. The molecule has 2 atom stereocenters. The molecule has 1 aliphatic heterocycles. The van der Waals surface area contributed by atoms with Gasteiger partial charge in [-0.1, -0.05) is 32.1 Å². The highest BCUT2D eigenvalue weighted by Crippen LogP contribution is 2.29. The van der Waals surface area contributed by atoms with Crippen molar-refractivity contribution >= 4 is 18.0 Å². The molecule has 0 spiro atoms. The van der Waals surface area contributed by atoms with Crippen LogP contribution in [0.2, 0.25) is 0 Å². The van der Waals surface area contributed by atoms with Crippen molar-refractivity contribution in [2.24, 2.45) is 5.92 Å². The van der Waals surface area contributed by atoms with E-state index in [0.717, 1.165) is 16.9 Å². The van der Waals surface area contributed by atoms with Crippen LogP contribution in [0.3, 0.4) is 0 Å². The molecule has 29 heavy (non-hydrogen) atoms. The standard InChI is InChI=1S/C22H32N2O5/c1-6-7-16-8-9-18(19(12-16)28-5)29-14-17(25)13-24-20(26)22(4,23-21(24)27)11-10-15(2)3/h6-9,12,15,17,25H,10-11,13-14H2,1-5H3,(H,23,27). The van der Waals surface area contributed by atoms with E-state index in [1.54, 1.807) is 20.1 Å². The first-order chi connectivity index (χ1) is 13.7. The average molecular weight is 405 g/mol. The molecule has 0 saturated carbocycles. The number of allylic oxidation sites excluding steroid dienone is 1. The molecule has 160 valence electrons. The van der Waals surface area contributed by atoms with Crippen molar-refractivity contribution in [1.29, 1.82) is 0 Å². The molecule has 2 N–H and O–H groups in total. The van der Waals surface area contributed by atoms with Gasteiger partial charge in [0.05, 0.1) is 13.7 Å². The van der Waals surface area contributed by atoms with Gasteiger partial charge in [0.2, 0.25) is 0 Å². The Morgan fingerprint density at radius 1 is 1.28 bits per heavy atom. The Kier molecular flexibility index (Phi) is 7.67. The van der Waals surface area contributed by atoms with E-state index in [4.69, 9.17) is 9.47 Å². The predicted octanol–water partition coefficient (Wildman–Crippen LogP) is 3.21. The molecule has 1 aromatic rings. The molecule has 0 radical (unpaired) electrons. The lowest BCUT2D eigenvalue weighted by Gasteiger charge is -2.23. The average Bonchev–Trinajstić information content (AvgIpc) is 2.89. The molecule has 1 aromatic carbocycles. The smallest absolute Gasteiger partial charge is 0.325 e. The van der Waals surface area contributed by atoms with E-state index in [-0.39, 0.29) is 19.1 Å². The highest BCUT2D eigenvalue weighted by Gasteiger charge is 2.47. The second kappa shape index (κ2) is 9.78. The molecule has 3 amide bonds. The van der Waals surface area contributed by atoms with Crippen LogP contribution in [0.25, 0.3) is 6.08 Å². The summed E-state index contributed by atoms with van der Waals surface area (Å²) < 4.78 is 11.0. The quantitative estimate of drug-likeness (QED) is 0.585. The van der Waals surface area contributed by atoms with Crippen LogP contribution >= 0.6 is 0 Å². The third-order valence-electron chi connectivity index (χ3n) is 4.94. The third-order valence-corrected chi connectivity index (χ3v) is 4.94. The fourth-order valence-electron chi connectivity index (χ4n) is 3.21. The van der Waals surface area contributed by atoms with Gasteiger partial charge in [-0.05, 0) is 50.3 Å². The molecule has 7 nitrogen and oxygen atoms in total. The fourth-order valence-corrected chi connectivity index (χ4v) is 3.21. The molecule has 0 aromatic heterocycles. The number of nitrogens with one attached hydrogen (secondary N) is 1. The second-order valence-corrected chi connectivity index (χ2v) is 7.99. The SMILES string of the molecule is CC=Cc1ccc(OCC(O)CN2C(=O)NC(C)(CCC(C)C)C2=O)c(OC)c1. The lowest BCUT2D eigenvalue weighted by atomic mass is 9.92. The van der Waals surface area contributed by atoms with Gasteiger partial charge in [-0.25, -0.2) is 4.79 Å². The van der Waals surface area contributed by atoms with Crippen LogP contribution in [0.4, 0.5) is 4.79 Å². The minimum Gasteiger partial charge on any atom is -0.493 e. The Hall–Kier alpha value is -2.54. The van der Waals surface area contributed by atoms with Crippen molar-refractivity contribution < 1.29 is 24.2 Å². The first kappa shape index (κ1) is 22.7. The molecule has 2 unspecified atom stereocenters. The Bertz CT molecular complexity index is 762. The van der Waals surface area contributed by atoms with Crippen molar-refractivity contribution in [3.05, 3.63) is 29.8 Å². The van der Waals surface area contributed by atoms with Gasteiger partial charge in [-0.3, -0.25) is 9.69 Å². The molecule has 1 heterocycles. The van der Waals surface area contributed by atoms with E-state index in [1.165, 1.54) is 0 Å².